The van der Waals surface area contributed by atoms with Crippen LogP contribution >= 0.6 is 35.0 Å². The molecule has 0 radical (unpaired) electrons. The van der Waals surface area contributed by atoms with Gasteiger partial charge in [-0.25, -0.2) is 0 Å². The van der Waals surface area contributed by atoms with E-state index in [4.69, 9.17) is 34.7 Å². The molecule has 0 aromatic heterocycles. The number of carbonyl (C=O) groups is 1. The molecular formula is C14H12Cl2N2OS. The predicted octanol–water partition coefficient (Wildman–Crippen LogP) is 3.97. The van der Waals surface area contributed by atoms with Crippen LogP contribution in [0, 0.1) is 0 Å². The maximum atomic E-state index is 11.5. The van der Waals surface area contributed by atoms with Crippen LogP contribution in [0.4, 0.5) is 5.69 Å². The molecule has 2 aromatic carbocycles. The fourth-order valence-corrected chi connectivity index (χ4v) is 3.45. The minimum Gasteiger partial charge on any atom is -0.399 e. The van der Waals surface area contributed by atoms with Crippen LogP contribution < -0.4 is 11.5 Å². The van der Waals surface area contributed by atoms with E-state index in [1.807, 2.05) is 24.3 Å². The van der Waals surface area contributed by atoms with E-state index in [2.05, 4.69) is 0 Å². The number of halogens is 2. The van der Waals surface area contributed by atoms with Gasteiger partial charge in [-0.05, 0) is 23.8 Å². The second-order valence-electron chi connectivity index (χ2n) is 4.12. The van der Waals surface area contributed by atoms with E-state index < -0.39 is 5.91 Å². The number of rotatable bonds is 4. The van der Waals surface area contributed by atoms with Crippen LogP contribution in [0.5, 0.6) is 0 Å². The maximum absolute atomic E-state index is 11.5. The van der Waals surface area contributed by atoms with Crippen molar-refractivity contribution in [2.75, 3.05) is 5.73 Å². The van der Waals surface area contributed by atoms with Gasteiger partial charge in [0.05, 0.1) is 10.6 Å². The summed E-state index contributed by atoms with van der Waals surface area (Å²) in [5, 5.41) is 1.09. The van der Waals surface area contributed by atoms with Gasteiger partial charge in [-0.2, -0.15) is 0 Å². The second-order valence-corrected chi connectivity index (χ2v) is 5.92. The van der Waals surface area contributed by atoms with E-state index >= 15 is 0 Å². The zero-order valence-electron chi connectivity index (χ0n) is 10.4. The van der Waals surface area contributed by atoms with Crippen molar-refractivity contribution >= 4 is 46.6 Å². The third-order valence-corrected chi connectivity index (χ3v) is 4.62. The molecule has 2 rings (SSSR count). The predicted molar refractivity (Wildman–Crippen MR) is 85.4 cm³/mol. The first kappa shape index (κ1) is 15.0. The number of benzene rings is 2. The summed E-state index contributed by atoms with van der Waals surface area (Å²) < 4.78 is 0. The minimum atomic E-state index is -0.555. The number of hydrogen-bond acceptors (Lipinski definition) is 3. The summed E-state index contributed by atoms with van der Waals surface area (Å²) in [5.74, 6) is 0.0321. The highest BCUT2D eigenvalue weighted by molar-refractivity contribution is 7.98. The van der Waals surface area contributed by atoms with Crippen LogP contribution in [-0.4, -0.2) is 5.91 Å². The Labute approximate surface area is 131 Å². The number of amides is 1. The lowest BCUT2D eigenvalue weighted by Crippen LogP contribution is -2.13. The van der Waals surface area contributed by atoms with Gasteiger partial charge in [-0.3, -0.25) is 4.79 Å². The molecule has 6 heteroatoms. The normalized spacial score (nSPS) is 10.5. The molecule has 0 bridgehead atoms. The smallest absolute Gasteiger partial charge is 0.249 e. The number of hydrogen-bond donors (Lipinski definition) is 2. The van der Waals surface area contributed by atoms with E-state index in [0.29, 0.717) is 31.9 Å². The lowest BCUT2D eigenvalue weighted by atomic mass is 10.2. The Bertz CT molecular complexity index is 662. The zero-order chi connectivity index (χ0) is 14.7. The average molecular weight is 327 g/mol. The van der Waals surface area contributed by atoms with Crippen LogP contribution in [0.3, 0.4) is 0 Å². The largest absolute Gasteiger partial charge is 0.399 e. The number of primary amides is 1. The summed E-state index contributed by atoms with van der Waals surface area (Å²) in [7, 11) is 0. The van der Waals surface area contributed by atoms with E-state index in [1.54, 1.807) is 6.07 Å². The van der Waals surface area contributed by atoms with Gasteiger partial charge in [-0.1, -0.05) is 41.4 Å². The first-order chi connectivity index (χ1) is 9.49. The highest BCUT2D eigenvalue weighted by Crippen LogP contribution is 2.35. The molecule has 0 spiro atoms. The quantitative estimate of drug-likeness (QED) is 0.659. The van der Waals surface area contributed by atoms with Gasteiger partial charge in [0.1, 0.15) is 0 Å². The van der Waals surface area contributed by atoms with Crippen molar-refractivity contribution in [2.45, 2.75) is 10.6 Å². The molecule has 0 aliphatic carbocycles. The van der Waals surface area contributed by atoms with E-state index in [9.17, 15) is 4.79 Å². The van der Waals surface area contributed by atoms with Crippen LogP contribution in [0.2, 0.25) is 10.0 Å². The van der Waals surface area contributed by atoms with Crippen LogP contribution in [-0.2, 0) is 5.75 Å². The molecule has 20 heavy (non-hydrogen) atoms. The first-order valence-corrected chi connectivity index (χ1v) is 7.48. The van der Waals surface area contributed by atoms with Crippen molar-refractivity contribution in [1.29, 1.82) is 0 Å². The van der Waals surface area contributed by atoms with Gasteiger partial charge in [0.2, 0.25) is 5.91 Å². The molecule has 0 aliphatic heterocycles. The highest BCUT2D eigenvalue weighted by Gasteiger charge is 2.14. The molecule has 4 N–H and O–H groups in total. The molecule has 0 atom stereocenters. The number of nitrogens with two attached hydrogens (primary N) is 2. The third-order valence-electron chi connectivity index (χ3n) is 2.66. The number of anilines is 1. The van der Waals surface area contributed by atoms with E-state index in [1.165, 1.54) is 17.8 Å². The van der Waals surface area contributed by atoms with Crippen molar-refractivity contribution in [3.63, 3.8) is 0 Å². The second kappa shape index (κ2) is 6.39. The third kappa shape index (κ3) is 3.39. The highest BCUT2D eigenvalue weighted by atomic mass is 35.5. The Morgan fingerprint density at radius 1 is 1.15 bits per heavy atom. The molecule has 0 fully saturated rings. The summed E-state index contributed by atoms with van der Waals surface area (Å²) in [6.07, 6.45) is 0. The van der Waals surface area contributed by atoms with Gasteiger partial charge in [0.15, 0.2) is 0 Å². The Hall–Kier alpha value is -1.36. The van der Waals surface area contributed by atoms with Crippen molar-refractivity contribution in [3.05, 3.63) is 57.6 Å². The van der Waals surface area contributed by atoms with Crippen LogP contribution in [0.25, 0.3) is 0 Å². The van der Waals surface area contributed by atoms with Gasteiger partial charge in [0.25, 0.3) is 0 Å². The molecule has 1 amide bonds. The van der Waals surface area contributed by atoms with Crippen molar-refractivity contribution in [3.8, 4) is 0 Å². The van der Waals surface area contributed by atoms with Gasteiger partial charge < -0.3 is 11.5 Å². The maximum Gasteiger partial charge on any atom is 0.249 e. The SMILES string of the molecule is NC(=O)c1cc(N)cc(Cl)c1SCc1ccccc1Cl. The molecule has 2 aromatic rings. The molecule has 0 heterocycles. The van der Waals surface area contributed by atoms with E-state index in [0.717, 1.165) is 5.56 Å². The standard InChI is InChI=1S/C14H12Cl2N2OS/c15-11-4-2-1-3-8(11)7-20-13-10(14(18)19)5-9(17)6-12(13)16/h1-6H,7,17H2,(H2,18,19). The summed E-state index contributed by atoms with van der Waals surface area (Å²) in [4.78, 5) is 12.1. The molecule has 0 unspecified atom stereocenters. The molecule has 104 valence electrons. The number of carbonyl (C=O) groups excluding carboxylic acids is 1. The van der Waals surface area contributed by atoms with Crippen molar-refractivity contribution in [1.82, 2.24) is 0 Å². The molecular weight excluding hydrogens is 315 g/mol. The Balaban J connectivity index is 2.30. The van der Waals surface area contributed by atoms with Gasteiger partial charge >= 0.3 is 0 Å². The van der Waals surface area contributed by atoms with E-state index in [-0.39, 0.29) is 0 Å². The lowest BCUT2D eigenvalue weighted by molar-refractivity contribution is 0.0997. The zero-order valence-corrected chi connectivity index (χ0v) is 12.7. The summed E-state index contributed by atoms with van der Waals surface area (Å²) in [6, 6.07) is 10.6. The first-order valence-electron chi connectivity index (χ1n) is 5.74. The fourth-order valence-electron chi connectivity index (χ4n) is 1.71. The summed E-state index contributed by atoms with van der Waals surface area (Å²) in [6.45, 7) is 0. The summed E-state index contributed by atoms with van der Waals surface area (Å²) in [5.41, 5.74) is 12.7. The monoisotopic (exact) mass is 326 g/mol. The molecule has 0 aliphatic rings. The average Bonchev–Trinajstić information content (AvgIpc) is 2.38. The van der Waals surface area contributed by atoms with Crippen LogP contribution in [0.1, 0.15) is 15.9 Å². The lowest BCUT2D eigenvalue weighted by Gasteiger charge is -2.10. The molecule has 0 saturated heterocycles. The fraction of sp³-hybridized carbons (Fsp3) is 0.0714. The van der Waals surface area contributed by atoms with Gasteiger partial charge in [-0.15, -0.1) is 11.8 Å². The Morgan fingerprint density at radius 3 is 2.50 bits per heavy atom. The molecule has 3 nitrogen and oxygen atoms in total. The van der Waals surface area contributed by atoms with Crippen molar-refractivity contribution in [2.24, 2.45) is 5.73 Å². The minimum absolute atomic E-state index is 0.326. The molecule has 0 saturated carbocycles. The summed E-state index contributed by atoms with van der Waals surface area (Å²) >= 11 is 13.6. The van der Waals surface area contributed by atoms with Crippen molar-refractivity contribution < 1.29 is 4.79 Å². The topological polar surface area (TPSA) is 69.1 Å². The Kier molecular flexibility index (Phi) is 4.81. The number of nitrogen functional groups attached to an aromatic ring is 1. The van der Waals surface area contributed by atoms with Crippen LogP contribution in [0.15, 0.2) is 41.3 Å². The van der Waals surface area contributed by atoms with Gasteiger partial charge in [0, 0.05) is 21.4 Å². The Morgan fingerprint density at radius 2 is 1.85 bits per heavy atom. The number of thioether (sulfide) groups is 1.